The first kappa shape index (κ1) is 13.9. The maximum atomic E-state index is 12.8. The van der Waals surface area contributed by atoms with Gasteiger partial charge in [0, 0.05) is 25.7 Å². The van der Waals surface area contributed by atoms with Crippen molar-refractivity contribution in [2.24, 2.45) is 5.73 Å². The van der Waals surface area contributed by atoms with E-state index in [2.05, 4.69) is 0 Å². The van der Waals surface area contributed by atoms with Crippen molar-refractivity contribution >= 4 is 15.9 Å². The van der Waals surface area contributed by atoms with Gasteiger partial charge in [0.2, 0.25) is 0 Å². The summed E-state index contributed by atoms with van der Waals surface area (Å²) in [6.07, 6.45) is 3.52. The Morgan fingerprint density at radius 1 is 1.05 bits per heavy atom. The van der Waals surface area contributed by atoms with Gasteiger partial charge in [-0.25, -0.2) is 0 Å². The molecule has 5 nitrogen and oxygen atoms in total. The molecule has 1 aromatic carbocycles. The Balaban J connectivity index is 2.02. The second-order valence-electron chi connectivity index (χ2n) is 5.49. The van der Waals surface area contributed by atoms with Crippen LogP contribution in [0.4, 0.5) is 5.69 Å². The second kappa shape index (κ2) is 5.35. The minimum absolute atomic E-state index is 0.0787. The van der Waals surface area contributed by atoms with Crippen molar-refractivity contribution in [1.29, 1.82) is 0 Å². The highest BCUT2D eigenvalue weighted by atomic mass is 32.2. The molecule has 0 amide bonds. The van der Waals surface area contributed by atoms with Crippen LogP contribution in [0.5, 0.6) is 0 Å². The summed E-state index contributed by atoms with van der Waals surface area (Å²) in [4.78, 5) is 0. The maximum Gasteiger partial charge on any atom is 0.304 e. The van der Waals surface area contributed by atoms with E-state index < -0.39 is 10.2 Å². The molecule has 20 heavy (non-hydrogen) atoms. The smallest absolute Gasteiger partial charge is 0.304 e. The fourth-order valence-electron chi connectivity index (χ4n) is 3.06. The maximum absolute atomic E-state index is 12.8. The Bertz CT molecular complexity index is 582. The minimum Gasteiger partial charge on any atom is -0.324 e. The van der Waals surface area contributed by atoms with E-state index in [0.29, 0.717) is 19.6 Å². The van der Waals surface area contributed by atoms with Crippen LogP contribution < -0.4 is 10.0 Å². The van der Waals surface area contributed by atoms with Crippen LogP contribution in [0.1, 0.15) is 37.3 Å². The van der Waals surface area contributed by atoms with E-state index in [9.17, 15) is 8.42 Å². The Labute approximate surface area is 120 Å². The van der Waals surface area contributed by atoms with Crippen molar-refractivity contribution in [3.63, 3.8) is 0 Å². The Hall–Kier alpha value is -1.11. The molecule has 3 rings (SSSR count). The van der Waals surface area contributed by atoms with Crippen molar-refractivity contribution in [2.75, 3.05) is 23.9 Å². The number of benzene rings is 1. The molecule has 110 valence electrons. The van der Waals surface area contributed by atoms with Gasteiger partial charge in [0.25, 0.3) is 0 Å². The van der Waals surface area contributed by atoms with Crippen LogP contribution >= 0.6 is 0 Å². The first-order valence-electron chi connectivity index (χ1n) is 7.23. The molecule has 1 saturated heterocycles. The lowest BCUT2D eigenvalue weighted by Crippen LogP contribution is -2.43. The lowest BCUT2D eigenvalue weighted by atomic mass is 10.0. The second-order valence-corrected chi connectivity index (χ2v) is 7.35. The summed E-state index contributed by atoms with van der Waals surface area (Å²) in [5, 5.41) is 0. The molecule has 0 aliphatic carbocycles. The minimum atomic E-state index is -3.41. The highest BCUT2D eigenvalue weighted by Crippen LogP contribution is 2.34. The van der Waals surface area contributed by atoms with Gasteiger partial charge in [-0.1, -0.05) is 18.2 Å². The molecule has 1 fully saturated rings. The van der Waals surface area contributed by atoms with Crippen molar-refractivity contribution < 1.29 is 8.42 Å². The van der Waals surface area contributed by atoms with Crippen LogP contribution in [-0.4, -0.2) is 32.4 Å². The zero-order chi connectivity index (χ0) is 14.2. The lowest BCUT2D eigenvalue weighted by Gasteiger charge is -2.29. The fourth-order valence-corrected chi connectivity index (χ4v) is 4.83. The van der Waals surface area contributed by atoms with Crippen molar-refractivity contribution in [1.82, 2.24) is 4.31 Å². The third kappa shape index (κ3) is 2.32. The highest BCUT2D eigenvalue weighted by Gasteiger charge is 2.34. The predicted molar refractivity (Wildman–Crippen MR) is 79.7 cm³/mol. The first-order valence-corrected chi connectivity index (χ1v) is 8.63. The van der Waals surface area contributed by atoms with E-state index in [0.717, 1.165) is 36.9 Å². The van der Waals surface area contributed by atoms with E-state index in [1.807, 2.05) is 24.3 Å². The van der Waals surface area contributed by atoms with Crippen LogP contribution in [0.25, 0.3) is 0 Å². The molecule has 0 bridgehead atoms. The summed E-state index contributed by atoms with van der Waals surface area (Å²) in [5.41, 5.74) is 7.86. The van der Waals surface area contributed by atoms with Gasteiger partial charge >= 0.3 is 10.2 Å². The summed E-state index contributed by atoms with van der Waals surface area (Å²) in [6.45, 7) is 1.78. The first-order chi connectivity index (χ1) is 9.60. The van der Waals surface area contributed by atoms with Gasteiger partial charge in [0.1, 0.15) is 0 Å². The summed E-state index contributed by atoms with van der Waals surface area (Å²) in [5.74, 6) is 0. The van der Waals surface area contributed by atoms with Gasteiger partial charge in [-0.2, -0.15) is 12.7 Å². The number of hydrogen-bond donors (Lipinski definition) is 1. The molecule has 0 radical (unpaired) electrons. The number of rotatable bonds is 2. The van der Waals surface area contributed by atoms with Gasteiger partial charge in [-0.15, -0.1) is 0 Å². The monoisotopic (exact) mass is 295 g/mol. The van der Waals surface area contributed by atoms with Crippen LogP contribution in [-0.2, 0) is 10.2 Å². The van der Waals surface area contributed by atoms with Gasteiger partial charge in [0.15, 0.2) is 0 Å². The van der Waals surface area contributed by atoms with E-state index in [1.165, 1.54) is 0 Å². The molecular weight excluding hydrogens is 274 g/mol. The molecule has 0 aromatic heterocycles. The zero-order valence-corrected chi connectivity index (χ0v) is 12.3. The van der Waals surface area contributed by atoms with Gasteiger partial charge < -0.3 is 5.73 Å². The Morgan fingerprint density at radius 2 is 1.75 bits per heavy atom. The largest absolute Gasteiger partial charge is 0.324 e. The molecule has 1 atom stereocenters. The van der Waals surface area contributed by atoms with Crippen molar-refractivity contribution in [3.8, 4) is 0 Å². The molecule has 2 N–H and O–H groups in total. The number of nitrogens with zero attached hydrogens (tertiary/aromatic N) is 2. The number of anilines is 1. The van der Waals surface area contributed by atoms with Gasteiger partial charge in [-0.05, 0) is 37.3 Å². The SMILES string of the molecule is NC1CCCN(S(=O)(=O)N2CCCC2)c2ccccc21. The zero-order valence-electron chi connectivity index (χ0n) is 11.5. The van der Waals surface area contributed by atoms with Crippen molar-refractivity contribution in [2.45, 2.75) is 31.7 Å². The summed E-state index contributed by atoms with van der Waals surface area (Å²) in [6, 6.07) is 7.53. The molecule has 1 unspecified atom stereocenters. The molecule has 0 saturated carbocycles. The lowest BCUT2D eigenvalue weighted by molar-refractivity contribution is 0.472. The Morgan fingerprint density at radius 3 is 2.50 bits per heavy atom. The average Bonchev–Trinajstić information content (AvgIpc) is 2.93. The standard InChI is InChI=1S/C14H21N3O2S/c15-13-7-5-11-17(14-8-2-1-6-12(13)14)20(18,19)16-9-3-4-10-16/h1-2,6,8,13H,3-5,7,9-11,15H2. The average molecular weight is 295 g/mol. The molecule has 6 heteroatoms. The van der Waals surface area contributed by atoms with Gasteiger partial charge in [-0.3, -0.25) is 4.31 Å². The topological polar surface area (TPSA) is 66.6 Å². The van der Waals surface area contributed by atoms with E-state index in [-0.39, 0.29) is 6.04 Å². The number of fused-ring (bicyclic) bond motifs is 1. The van der Waals surface area contributed by atoms with E-state index in [1.54, 1.807) is 8.61 Å². The summed E-state index contributed by atoms with van der Waals surface area (Å²) in [7, 11) is -3.41. The molecule has 1 aromatic rings. The Kier molecular flexibility index (Phi) is 3.70. The number of nitrogens with two attached hydrogens (primary N) is 1. The summed E-state index contributed by atoms with van der Waals surface area (Å²) >= 11 is 0. The van der Waals surface area contributed by atoms with Crippen molar-refractivity contribution in [3.05, 3.63) is 29.8 Å². The van der Waals surface area contributed by atoms with Gasteiger partial charge in [0.05, 0.1) is 5.69 Å². The van der Waals surface area contributed by atoms with Crippen LogP contribution in [0.2, 0.25) is 0 Å². The quantitative estimate of drug-likeness (QED) is 0.901. The van der Waals surface area contributed by atoms with Crippen LogP contribution in [0, 0.1) is 0 Å². The van der Waals surface area contributed by atoms with Crippen LogP contribution in [0.3, 0.4) is 0 Å². The molecular formula is C14H21N3O2S. The normalized spacial score (nSPS) is 24.4. The molecule has 2 aliphatic heterocycles. The summed E-state index contributed by atoms with van der Waals surface area (Å²) < 4.78 is 28.8. The van der Waals surface area contributed by atoms with E-state index in [4.69, 9.17) is 5.73 Å². The third-order valence-electron chi connectivity index (χ3n) is 4.15. The molecule has 0 spiro atoms. The number of para-hydroxylation sites is 1. The highest BCUT2D eigenvalue weighted by molar-refractivity contribution is 7.90. The fraction of sp³-hybridized carbons (Fsp3) is 0.571. The predicted octanol–water partition coefficient (Wildman–Crippen LogP) is 1.63. The van der Waals surface area contributed by atoms with E-state index >= 15 is 0 Å². The molecule has 2 heterocycles. The number of hydrogen-bond acceptors (Lipinski definition) is 3. The third-order valence-corrected chi connectivity index (χ3v) is 6.11. The molecule has 2 aliphatic rings. The van der Waals surface area contributed by atoms with Crippen LogP contribution in [0.15, 0.2) is 24.3 Å².